The molecule has 0 amide bonds. The van der Waals surface area contributed by atoms with Crippen molar-refractivity contribution in [2.24, 2.45) is 5.92 Å². The molecule has 0 saturated carbocycles. The first kappa shape index (κ1) is 14.0. The number of rotatable bonds is 2. The first-order valence-electron chi connectivity index (χ1n) is 9.12. The minimum absolute atomic E-state index is 0.564. The van der Waals surface area contributed by atoms with E-state index in [9.17, 15) is 0 Å². The minimum atomic E-state index is 0.564. The fourth-order valence-corrected chi connectivity index (χ4v) is 4.88. The lowest BCUT2D eigenvalue weighted by molar-refractivity contribution is 0.743. The van der Waals surface area contributed by atoms with E-state index in [2.05, 4.69) is 73.7 Å². The second kappa shape index (κ2) is 5.34. The average molecular weight is 310 g/mol. The van der Waals surface area contributed by atoms with Crippen LogP contribution in [0.4, 0.5) is 0 Å². The number of hydrogen-bond acceptors (Lipinski definition) is 0. The molecule has 3 aliphatic carbocycles. The van der Waals surface area contributed by atoms with Crippen molar-refractivity contribution >= 4 is 11.6 Å². The van der Waals surface area contributed by atoms with E-state index >= 15 is 0 Å². The predicted molar refractivity (Wildman–Crippen MR) is 102 cm³/mol. The summed E-state index contributed by atoms with van der Waals surface area (Å²) >= 11 is 0. The molecule has 0 N–H and O–H groups in total. The summed E-state index contributed by atoms with van der Waals surface area (Å²) in [5.41, 5.74) is 10.7. The molecular weight excluding hydrogens is 288 g/mol. The molecule has 0 fully saturated rings. The molecule has 2 atom stereocenters. The molecule has 0 spiro atoms. The summed E-state index contributed by atoms with van der Waals surface area (Å²) in [6.45, 7) is 2.36. The molecule has 0 heterocycles. The van der Waals surface area contributed by atoms with Crippen molar-refractivity contribution < 1.29 is 0 Å². The minimum Gasteiger partial charge on any atom is -0.0795 e. The first-order chi connectivity index (χ1) is 11.8. The molecule has 0 nitrogen and oxygen atoms in total. The van der Waals surface area contributed by atoms with Crippen molar-refractivity contribution in [3.63, 3.8) is 0 Å². The molecule has 2 unspecified atom stereocenters. The second-order valence-electron chi connectivity index (χ2n) is 7.29. The third-order valence-corrected chi connectivity index (χ3v) is 5.97. The summed E-state index contributed by atoms with van der Waals surface area (Å²) < 4.78 is 0. The molecule has 3 aliphatic rings. The molecule has 0 aromatic heterocycles. The van der Waals surface area contributed by atoms with Crippen LogP contribution in [0.1, 0.15) is 47.9 Å². The van der Waals surface area contributed by atoms with Crippen LogP contribution in [0, 0.1) is 5.92 Å². The van der Waals surface area contributed by atoms with Gasteiger partial charge in [0.15, 0.2) is 0 Å². The van der Waals surface area contributed by atoms with Gasteiger partial charge in [-0.2, -0.15) is 0 Å². The fourth-order valence-electron chi connectivity index (χ4n) is 4.88. The second-order valence-corrected chi connectivity index (χ2v) is 7.29. The van der Waals surface area contributed by atoms with Crippen LogP contribution in [-0.4, -0.2) is 0 Å². The van der Waals surface area contributed by atoms with Crippen LogP contribution in [-0.2, 0) is 6.42 Å². The van der Waals surface area contributed by atoms with Gasteiger partial charge in [-0.1, -0.05) is 79.3 Å². The summed E-state index contributed by atoms with van der Waals surface area (Å²) in [6, 6.07) is 17.9. The Bertz CT molecular complexity index is 893. The highest BCUT2D eigenvalue weighted by Gasteiger charge is 2.36. The predicted octanol–water partition coefficient (Wildman–Crippen LogP) is 6.16. The monoisotopic (exact) mass is 310 g/mol. The van der Waals surface area contributed by atoms with Crippen molar-refractivity contribution in [2.75, 3.05) is 0 Å². The molecule has 24 heavy (non-hydrogen) atoms. The van der Waals surface area contributed by atoms with Gasteiger partial charge in [-0.25, -0.2) is 0 Å². The van der Waals surface area contributed by atoms with Crippen LogP contribution in [0.15, 0.2) is 71.8 Å². The Balaban J connectivity index is 1.63. The van der Waals surface area contributed by atoms with Gasteiger partial charge in [0.1, 0.15) is 0 Å². The zero-order valence-corrected chi connectivity index (χ0v) is 14.1. The van der Waals surface area contributed by atoms with E-state index in [4.69, 9.17) is 0 Å². The number of benzene rings is 2. The zero-order chi connectivity index (χ0) is 16.1. The van der Waals surface area contributed by atoms with Crippen molar-refractivity contribution in [1.82, 2.24) is 0 Å². The van der Waals surface area contributed by atoms with Crippen LogP contribution in [0.25, 0.3) is 11.6 Å². The van der Waals surface area contributed by atoms with Gasteiger partial charge in [0.2, 0.25) is 0 Å². The van der Waals surface area contributed by atoms with E-state index in [0.717, 1.165) is 6.42 Å². The van der Waals surface area contributed by atoms with Crippen molar-refractivity contribution in [2.45, 2.75) is 32.1 Å². The molecule has 2 aromatic rings. The van der Waals surface area contributed by atoms with E-state index in [0.29, 0.717) is 11.8 Å². The summed E-state index contributed by atoms with van der Waals surface area (Å²) in [7, 11) is 0. The normalized spacial score (nSPS) is 24.3. The quantitative estimate of drug-likeness (QED) is 0.623. The Labute approximate surface area is 144 Å². The Morgan fingerprint density at radius 3 is 2.71 bits per heavy atom. The van der Waals surface area contributed by atoms with Crippen LogP contribution in [0.2, 0.25) is 0 Å². The topological polar surface area (TPSA) is 0 Å². The van der Waals surface area contributed by atoms with Crippen LogP contribution >= 0.6 is 0 Å². The molecule has 0 bridgehead atoms. The van der Waals surface area contributed by atoms with Crippen molar-refractivity contribution in [3.8, 4) is 0 Å². The lowest BCUT2D eigenvalue weighted by Gasteiger charge is -2.20. The fraction of sp³-hybridized carbons (Fsp3) is 0.250. The zero-order valence-electron chi connectivity index (χ0n) is 14.1. The highest BCUT2D eigenvalue weighted by molar-refractivity contribution is 5.86. The van der Waals surface area contributed by atoms with E-state index in [-0.39, 0.29) is 0 Å². The van der Waals surface area contributed by atoms with E-state index in [1.54, 1.807) is 16.7 Å². The van der Waals surface area contributed by atoms with Crippen molar-refractivity contribution in [3.05, 3.63) is 94.1 Å². The van der Waals surface area contributed by atoms with Gasteiger partial charge in [0.25, 0.3) is 0 Å². The van der Waals surface area contributed by atoms with E-state index in [1.807, 2.05) is 0 Å². The largest absolute Gasteiger partial charge is 0.0795 e. The molecular formula is C24H22. The van der Waals surface area contributed by atoms with Gasteiger partial charge in [-0.05, 0) is 58.6 Å². The van der Waals surface area contributed by atoms with Gasteiger partial charge in [0.05, 0.1) is 0 Å². The third kappa shape index (κ3) is 1.99. The van der Waals surface area contributed by atoms with Crippen LogP contribution in [0.5, 0.6) is 0 Å². The Hall–Kier alpha value is -2.34. The first-order valence-corrected chi connectivity index (χ1v) is 9.12. The smallest absolute Gasteiger partial charge is 0.0104 e. The number of hydrogen-bond donors (Lipinski definition) is 0. The third-order valence-electron chi connectivity index (χ3n) is 5.97. The maximum absolute atomic E-state index is 2.49. The van der Waals surface area contributed by atoms with Crippen molar-refractivity contribution in [1.29, 1.82) is 0 Å². The Morgan fingerprint density at radius 2 is 1.83 bits per heavy atom. The van der Waals surface area contributed by atoms with Gasteiger partial charge in [0, 0.05) is 5.92 Å². The molecule has 0 radical (unpaired) electrons. The lowest BCUT2D eigenvalue weighted by Crippen LogP contribution is -2.03. The summed E-state index contributed by atoms with van der Waals surface area (Å²) in [5.74, 6) is 1.15. The number of allylic oxidation sites excluding steroid dienone is 5. The summed E-state index contributed by atoms with van der Waals surface area (Å²) in [6.07, 6.45) is 10.8. The van der Waals surface area contributed by atoms with Gasteiger partial charge < -0.3 is 0 Å². The van der Waals surface area contributed by atoms with Crippen LogP contribution < -0.4 is 0 Å². The summed E-state index contributed by atoms with van der Waals surface area (Å²) in [4.78, 5) is 0. The molecule has 0 saturated heterocycles. The average Bonchev–Trinajstić information content (AvgIpc) is 3.32. The standard InChI is InChI=1S/C24H22/c1-16-15-23(18-7-3-2-4-8-18)24-19(16)13-14-22(24)21-12-6-10-17-9-5-11-20(17)21/h2-8,10-12,15-16,22H,9,13-14H2,1H3. The lowest BCUT2D eigenvalue weighted by atomic mass is 9.83. The summed E-state index contributed by atoms with van der Waals surface area (Å²) in [5, 5.41) is 0. The number of fused-ring (bicyclic) bond motifs is 1. The van der Waals surface area contributed by atoms with Crippen LogP contribution in [0.3, 0.4) is 0 Å². The molecule has 0 heteroatoms. The molecule has 5 rings (SSSR count). The Morgan fingerprint density at radius 1 is 0.958 bits per heavy atom. The molecule has 118 valence electrons. The maximum atomic E-state index is 2.49. The molecule has 2 aromatic carbocycles. The highest BCUT2D eigenvalue weighted by atomic mass is 14.4. The Kier molecular flexibility index (Phi) is 3.13. The molecule has 0 aliphatic heterocycles. The van der Waals surface area contributed by atoms with E-state index < -0.39 is 0 Å². The maximum Gasteiger partial charge on any atom is 0.0104 e. The van der Waals surface area contributed by atoms with Gasteiger partial charge in [-0.3, -0.25) is 0 Å². The van der Waals surface area contributed by atoms with Gasteiger partial charge >= 0.3 is 0 Å². The van der Waals surface area contributed by atoms with Gasteiger partial charge in [-0.15, -0.1) is 0 Å². The SMILES string of the molecule is CC1C=C(c2ccccc2)C2=C1CCC2c1cccc2c1C=CC2. The highest BCUT2D eigenvalue weighted by Crippen LogP contribution is 2.53. The van der Waals surface area contributed by atoms with E-state index in [1.165, 1.54) is 35.1 Å².